The number of ketones is 1. The standard InChI is InChI=1S/C25H31NO8/c1-17(24(29)26-18(2)23(34-25(26)30)19-7-4-3-5-8-19)22-21(28)11-10-20(33-22)9-6-13-31-15-16-32-14-12-27/h3-5,7-11,17-18,22-23,27H,6,12-16H2,1-2H3/t17-,18-,22+,23-/m0/s1. The highest BCUT2D eigenvalue weighted by atomic mass is 16.6. The van der Waals surface area contributed by atoms with Gasteiger partial charge in [-0.25, -0.2) is 9.69 Å². The van der Waals surface area contributed by atoms with Crippen LogP contribution in [0.2, 0.25) is 0 Å². The van der Waals surface area contributed by atoms with Crippen LogP contribution in [-0.2, 0) is 28.5 Å². The average molecular weight is 474 g/mol. The molecule has 1 saturated heterocycles. The van der Waals surface area contributed by atoms with E-state index in [0.29, 0.717) is 32.0 Å². The van der Waals surface area contributed by atoms with Crippen LogP contribution in [0.25, 0.3) is 0 Å². The van der Waals surface area contributed by atoms with Gasteiger partial charge in [0.05, 0.1) is 45.0 Å². The monoisotopic (exact) mass is 473 g/mol. The van der Waals surface area contributed by atoms with Gasteiger partial charge in [0.15, 0.2) is 11.9 Å². The van der Waals surface area contributed by atoms with Crippen LogP contribution >= 0.6 is 0 Å². The van der Waals surface area contributed by atoms with Gasteiger partial charge in [-0.3, -0.25) is 9.59 Å². The van der Waals surface area contributed by atoms with Crippen molar-refractivity contribution in [1.82, 2.24) is 4.90 Å². The summed E-state index contributed by atoms with van der Waals surface area (Å²) < 4.78 is 21.8. The van der Waals surface area contributed by atoms with Gasteiger partial charge >= 0.3 is 6.09 Å². The largest absolute Gasteiger partial charge is 0.482 e. The number of amides is 2. The quantitative estimate of drug-likeness (QED) is 0.488. The van der Waals surface area contributed by atoms with E-state index in [0.717, 1.165) is 10.5 Å². The Hall–Kier alpha value is -3.01. The first-order chi connectivity index (χ1) is 16.4. The number of allylic oxidation sites excluding steroid dienone is 1. The summed E-state index contributed by atoms with van der Waals surface area (Å²) in [5, 5.41) is 8.65. The zero-order valence-electron chi connectivity index (χ0n) is 19.4. The Labute approximate surface area is 198 Å². The molecule has 3 rings (SSSR count). The number of hydrogen-bond donors (Lipinski definition) is 1. The Morgan fingerprint density at radius 1 is 1.09 bits per heavy atom. The van der Waals surface area contributed by atoms with E-state index >= 15 is 0 Å². The maximum atomic E-state index is 13.2. The molecule has 1 N–H and O–H groups in total. The van der Waals surface area contributed by atoms with Crippen molar-refractivity contribution in [3.63, 3.8) is 0 Å². The number of rotatable bonds is 11. The number of imide groups is 1. The summed E-state index contributed by atoms with van der Waals surface area (Å²) >= 11 is 0. The van der Waals surface area contributed by atoms with E-state index in [2.05, 4.69) is 0 Å². The third-order valence-electron chi connectivity index (χ3n) is 5.65. The van der Waals surface area contributed by atoms with Gasteiger partial charge in [-0.15, -0.1) is 0 Å². The van der Waals surface area contributed by atoms with E-state index in [9.17, 15) is 14.4 Å². The van der Waals surface area contributed by atoms with Gasteiger partial charge in [0.1, 0.15) is 11.9 Å². The molecule has 0 unspecified atom stereocenters. The summed E-state index contributed by atoms with van der Waals surface area (Å²) in [4.78, 5) is 39.3. The Balaban J connectivity index is 1.56. The molecule has 0 radical (unpaired) electrons. The molecule has 9 heteroatoms. The molecular formula is C25H31NO8. The highest BCUT2D eigenvalue weighted by molar-refractivity contribution is 6.01. The van der Waals surface area contributed by atoms with Gasteiger partial charge in [0.2, 0.25) is 5.91 Å². The van der Waals surface area contributed by atoms with Crippen LogP contribution in [0.1, 0.15) is 31.9 Å². The smallest absolute Gasteiger partial charge is 0.417 e. The molecule has 2 aliphatic rings. The van der Waals surface area contributed by atoms with Crippen molar-refractivity contribution in [3.8, 4) is 0 Å². The van der Waals surface area contributed by atoms with Crippen molar-refractivity contribution in [3.05, 3.63) is 59.9 Å². The number of benzene rings is 1. The summed E-state index contributed by atoms with van der Waals surface area (Å²) in [7, 11) is 0. The summed E-state index contributed by atoms with van der Waals surface area (Å²) in [5.74, 6) is -1.28. The normalized spacial score (nSPS) is 24.3. The molecule has 9 nitrogen and oxygen atoms in total. The molecule has 0 aromatic heterocycles. The van der Waals surface area contributed by atoms with E-state index in [4.69, 9.17) is 24.1 Å². The van der Waals surface area contributed by atoms with Gasteiger partial charge in [-0.2, -0.15) is 0 Å². The molecule has 0 saturated carbocycles. The van der Waals surface area contributed by atoms with Crippen molar-refractivity contribution in [1.29, 1.82) is 0 Å². The maximum absolute atomic E-state index is 13.2. The van der Waals surface area contributed by atoms with Crippen LogP contribution in [0.3, 0.4) is 0 Å². The van der Waals surface area contributed by atoms with Gasteiger partial charge in [-0.05, 0) is 44.1 Å². The molecule has 4 atom stereocenters. The van der Waals surface area contributed by atoms with Gasteiger partial charge in [0.25, 0.3) is 0 Å². The molecule has 2 amide bonds. The van der Waals surface area contributed by atoms with Gasteiger partial charge < -0.3 is 24.1 Å². The van der Waals surface area contributed by atoms with Crippen LogP contribution in [0.15, 0.2) is 54.3 Å². The van der Waals surface area contributed by atoms with Crippen LogP contribution in [-0.4, -0.2) is 73.0 Å². The Kier molecular flexibility index (Phi) is 9.38. The molecule has 0 spiro atoms. The summed E-state index contributed by atoms with van der Waals surface area (Å²) in [6, 6.07) is 8.70. The van der Waals surface area contributed by atoms with Crippen LogP contribution in [0.4, 0.5) is 4.79 Å². The predicted molar refractivity (Wildman–Crippen MR) is 122 cm³/mol. The zero-order chi connectivity index (χ0) is 24.5. The Morgan fingerprint density at radius 2 is 1.79 bits per heavy atom. The second kappa shape index (κ2) is 12.5. The second-order valence-corrected chi connectivity index (χ2v) is 8.07. The van der Waals surface area contributed by atoms with E-state index in [1.807, 2.05) is 30.3 Å². The highest BCUT2D eigenvalue weighted by Crippen LogP contribution is 2.34. The molecule has 2 heterocycles. The molecule has 2 aliphatic heterocycles. The zero-order valence-corrected chi connectivity index (χ0v) is 19.4. The fourth-order valence-corrected chi connectivity index (χ4v) is 3.83. The van der Waals surface area contributed by atoms with Crippen LogP contribution < -0.4 is 0 Å². The van der Waals surface area contributed by atoms with Crippen LogP contribution in [0, 0.1) is 5.92 Å². The minimum atomic E-state index is -1.03. The van der Waals surface area contributed by atoms with E-state index in [-0.39, 0.29) is 19.0 Å². The highest BCUT2D eigenvalue weighted by Gasteiger charge is 2.47. The average Bonchev–Trinajstić information content (AvgIpc) is 3.15. The first-order valence-electron chi connectivity index (χ1n) is 11.4. The second-order valence-electron chi connectivity index (χ2n) is 8.07. The first-order valence-corrected chi connectivity index (χ1v) is 11.4. The molecular weight excluding hydrogens is 442 g/mol. The lowest BCUT2D eigenvalue weighted by Crippen LogP contribution is -2.47. The number of aliphatic hydroxyl groups is 1. The molecule has 184 valence electrons. The number of carbonyl (C=O) groups is 3. The van der Waals surface area contributed by atoms with E-state index in [1.54, 1.807) is 26.0 Å². The minimum absolute atomic E-state index is 0.0257. The number of ether oxygens (including phenoxy) is 4. The third kappa shape index (κ3) is 6.31. The fourth-order valence-electron chi connectivity index (χ4n) is 3.83. The van der Waals surface area contributed by atoms with Gasteiger partial charge in [0, 0.05) is 0 Å². The first kappa shape index (κ1) is 25.6. The molecule has 1 aromatic carbocycles. The van der Waals surface area contributed by atoms with E-state index in [1.165, 1.54) is 6.08 Å². The molecule has 0 bridgehead atoms. The number of hydrogen-bond acceptors (Lipinski definition) is 8. The van der Waals surface area contributed by atoms with Crippen molar-refractivity contribution >= 4 is 17.8 Å². The Bertz CT molecular complexity index is 913. The van der Waals surface area contributed by atoms with Crippen molar-refractivity contribution in [2.75, 3.05) is 33.0 Å². The Morgan fingerprint density at radius 3 is 2.50 bits per heavy atom. The molecule has 0 aliphatic carbocycles. The maximum Gasteiger partial charge on any atom is 0.417 e. The van der Waals surface area contributed by atoms with E-state index < -0.39 is 36.2 Å². The predicted octanol–water partition coefficient (Wildman–Crippen LogP) is 2.55. The lowest BCUT2D eigenvalue weighted by molar-refractivity contribution is -0.142. The molecule has 1 fully saturated rings. The molecule has 1 aromatic rings. The lowest BCUT2D eigenvalue weighted by atomic mass is 9.95. The van der Waals surface area contributed by atoms with Crippen LogP contribution in [0.5, 0.6) is 0 Å². The van der Waals surface area contributed by atoms with Crippen molar-refractivity contribution in [2.24, 2.45) is 5.92 Å². The number of cyclic esters (lactones) is 1. The van der Waals surface area contributed by atoms with Crippen molar-refractivity contribution < 1.29 is 38.4 Å². The summed E-state index contributed by atoms with van der Waals surface area (Å²) in [5.41, 5.74) is 0.798. The summed E-state index contributed by atoms with van der Waals surface area (Å²) in [6.45, 7) is 4.80. The topological polar surface area (TPSA) is 112 Å². The number of nitrogens with zero attached hydrogens (tertiary/aromatic N) is 1. The minimum Gasteiger partial charge on any atom is -0.482 e. The number of aliphatic hydroxyl groups excluding tert-OH is 1. The molecule has 34 heavy (non-hydrogen) atoms. The van der Waals surface area contributed by atoms with Crippen molar-refractivity contribution in [2.45, 2.75) is 38.5 Å². The summed E-state index contributed by atoms with van der Waals surface area (Å²) in [6.07, 6.45) is 2.92. The number of carbonyl (C=O) groups excluding carboxylic acids is 3. The fraction of sp³-hybridized carbons (Fsp3) is 0.480. The third-order valence-corrected chi connectivity index (χ3v) is 5.65. The lowest BCUT2D eigenvalue weighted by Gasteiger charge is -2.28. The van der Waals surface area contributed by atoms with Gasteiger partial charge in [-0.1, -0.05) is 30.3 Å². The SMILES string of the molecule is C[C@H](C(=O)N1C(=O)O[C@H](c2ccccc2)[C@@H]1C)[C@H]1OC(=CCCOCCOCCO)C=CC1=O.